The fourth-order valence-electron chi connectivity index (χ4n) is 11.6. The van der Waals surface area contributed by atoms with Gasteiger partial charge in [0.1, 0.15) is 109 Å². The normalized spacial score (nSPS) is 16.8. The van der Waals surface area contributed by atoms with Crippen LogP contribution in [0.5, 0.6) is 46.0 Å². The van der Waals surface area contributed by atoms with E-state index in [9.17, 15) is 184 Å². The van der Waals surface area contributed by atoms with Gasteiger partial charge in [-0.25, -0.2) is 0 Å². The summed E-state index contributed by atoms with van der Waals surface area (Å²) in [5, 5.41) is 129. The van der Waals surface area contributed by atoms with E-state index in [2.05, 4.69) is 0 Å². The van der Waals surface area contributed by atoms with Crippen LogP contribution in [0, 0.1) is 0 Å². The van der Waals surface area contributed by atoms with Crippen LogP contribution < -0.4 is 0 Å². The number of benzene rings is 8. The van der Waals surface area contributed by atoms with Crippen LogP contribution in [0.2, 0.25) is 0 Å². The molecule has 0 fully saturated rings. The minimum absolute atomic E-state index is 0.247. The van der Waals surface area contributed by atoms with Crippen LogP contribution in [0.1, 0.15) is 68.2 Å². The maximum absolute atomic E-state index is 13.9. The number of hydrogen-bond acceptors (Lipinski definition) is 28. The molecule has 0 spiro atoms. The lowest BCUT2D eigenvalue weighted by atomic mass is 9.82. The van der Waals surface area contributed by atoms with Gasteiger partial charge in [0.05, 0.1) is 21.5 Å². The summed E-state index contributed by atoms with van der Waals surface area (Å²) in [6, 6.07) is -1.97. The molecule has 12 bridgehead atoms. The van der Waals surface area contributed by atoms with Crippen molar-refractivity contribution >= 4 is 148 Å². The SMILES string of the molecule is O=C(O)C1c2c(S(=O)(=O)O)cc3cc(S(=O)(=O)O)c(c(O)c3c2O)C(C(=O)O)c2c(S(=O)(=O)O)cc3cc(S(=O)(=O)O)c(c(O)c3c2O)C(C(=O)O)c2c(S(=O)(=O)O)cc3cc(S(=O)(=O)O)c(c(O)c3c2O)C(C(=O)O)c2c(S(=O)(=O)O)cc3cc(S(=O)(=O)O)c1c(O)c3c2O. The van der Waals surface area contributed by atoms with Crippen molar-refractivity contribution in [1.29, 1.82) is 0 Å². The van der Waals surface area contributed by atoms with Crippen LogP contribution in [0.15, 0.2) is 87.7 Å². The Morgan fingerprint density at radius 1 is 0.219 bits per heavy atom. The van der Waals surface area contributed by atoms with Gasteiger partial charge in [-0.05, 0) is 70.1 Å². The third-order valence-corrected chi connectivity index (χ3v) is 22.2. The Kier molecular flexibility index (Phi) is 16.2. The van der Waals surface area contributed by atoms with E-state index in [1.54, 1.807) is 0 Å². The van der Waals surface area contributed by atoms with Crippen LogP contribution >= 0.6 is 0 Å². The molecule has 9 rings (SSSR count). The van der Waals surface area contributed by atoms with Crippen molar-refractivity contribution in [3.05, 3.63) is 93.0 Å². The molecule has 8 aromatic carbocycles. The fourth-order valence-corrected chi connectivity index (χ4v) is 17.7. The lowest BCUT2D eigenvalue weighted by molar-refractivity contribution is -0.138. The number of rotatable bonds is 12. The van der Waals surface area contributed by atoms with Gasteiger partial charge in [0.25, 0.3) is 80.9 Å². The average Bonchev–Trinajstić information content (AvgIpc) is 0.717. The summed E-state index contributed by atoms with van der Waals surface area (Å²) in [7, 11) is -52.0. The quantitative estimate of drug-likeness (QED) is 0.0761. The number of aliphatic carboxylic acids is 4. The van der Waals surface area contributed by atoms with Gasteiger partial charge in [-0.2, -0.15) is 67.3 Å². The molecular weight excluding hydrogens is 1470 g/mol. The molecular formula is C48H32O40S8. The third kappa shape index (κ3) is 11.0. The van der Waals surface area contributed by atoms with E-state index < -0.39 is 301 Å². The number of phenolic OH excluding ortho intramolecular Hbond substituents is 8. The maximum atomic E-state index is 13.9. The largest absolute Gasteiger partial charge is 0.507 e. The van der Waals surface area contributed by atoms with E-state index in [1.165, 1.54) is 0 Å². The predicted molar refractivity (Wildman–Crippen MR) is 306 cm³/mol. The Morgan fingerprint density at radius 3 is 0.385 bits per heavy atom. The molecule has 1 aliphatic carbocycles. The second kappa shape index (κ2) is 21.9. The van der Waals surface area contributed by atoms with E-state index in [0.29, 0.717) is 0 Å². The molecule has 48 heteroatoms. The summed E-state index contributed by atoms with van der Waals surface area (Å²) in [4.78, 5) is 37.6. The second-order valence-electron chi connectivity index (χ2n) is 20.4. The molecule has 0 unspecified atom stereocenters. The summed E-state index contributed by atoms with van der Waals surface area (Å²) in [5.74, 6) is -46.5. The van der Waals surface area contributed by atoms with Crippen molar-refractivity contribution in [2.24, 2.45) is 0 Å². The Balaban J connectivity index is 1.74. The van der Waals surface area contributed by atoms with E-state index in [1.807, 2.05) is 0 Å². The van der Waals surface area contributed by atoms with E-state index >= 15 is 0 Å². The van der Waals surface area contributed by atoms with Gasteiger partial charge in [-0.3, -0.25) is 55.6 Å². The molecule has 8 aromatic rings. The van der Waals surface area contributed by atoms with Gasteiger partial charge in [0, 0.05) is 44.5 Å². The zero-order valence-corrected chi connectivity index (χ0v) is 51.8. The minimum atomic E-state index is -6.50. The first-order valence-corrected chi connectivity index (χ1v) is 35.9. The molecule has 0 aromatic heterocycles. The molecule has 96 heavy (non-hydrogen) atoms. The molecule has 1 aliphatic rings. The van der Waals surface area contributed by atoms with E-state index in [4.69, 9.17) is 0 Å². The number of phenols is 8. The van der Waals surface area contributed by atoms with Crippen molar-refractivity contribution in [3.8, 4) is 46.0 Å². The molecule has 0 saturated heterocycles. The topological polar surface area (TPSA) is 746 Å². The molecule has 512 valence electrons. The maximum Gasteiger partial charge on any atom is 0.315 e. The Morgan fingerprint density at radius 2 is 0.312 bits per heavy atom. The summed E-state index contributed by atoms with van der Waals surface area (Å²) < 4.78 is 301. The summed E-state index contributed by atoms with van der Waals surface area (Å²) in [6.45, 7) is 0. The standard InChI is InChI=1S/C48H32O40S8/c49-37-21-9-1-13(89(65,66)67)25(37)33(45(57)58)27-15(91(71,72)73)3-10-4-17(93(77,78)79)29(40(52)22(10)39(27)51)35(47(61)62)30-19(95(83,84)85)7-12-8-20(96(86,87)88)32(44(56)24(12)43(30)55)36(48(63)64)31-18(94(80,81)82)6-11-5-16(92(74,75)76)28(41(53)23(11)42(31)54)34(46(59)60)26(38(21)50)14(2-9)90(68,69)70/h1-8,33-36,49-56H,(H,57,58)(H,59,60)(H,61,62)(H,63,64)(H,65,66,67)(H,68,69,70)(H,71,72,73)(H,74,75,76)(H,77,78,79)(H,80,81,82)(H,83,84,85)(H,86,87,88). The number of fused-ring (bicyclic) bond motifs is 8. The summed E-state index contributed by atoms with van der Waals surface area (Å²) in [6.07, 6.45) is 0. The first-order valence-electron chi connectivity index (χ1n) is 24.3. The average molecular weight is 1510 g/mol. The first-order chi connectivity index (χ1) is 43.4. The molecule has 40 nitrogen and oxygen atoms in total. The smallest absolute Gasteiger partial charge is 0.315 e. The van der Waals surface area contributed by atoms with Crippen LogP contribution in [0.4, 0.5) is 0 Å². The molecule has 20 N–H and O–H groups in total. The highest BCUT2D eigenvalue weighted by atomic mass is 32.2. The van der Waals surface area contributed by atoms with Crippen LogP contribution in [0.3, 0.4) is 0 Å². The third-order valence-electron chi connectivity index (χ3n) is 15.0. The van der Waals surface area contributed by atoms with Gasteiger partial charge < -0.3 is 61.3 Å². The molecule has 0 saturated carbocycles. The van der Waals surface area contributed by atoms with Gasteiger partial charge in [-0.15, -0.1) is 0 Å². The van der Waals surface area contributed by atoms with Gasteiger partial charge in [-0.1, -0.05) is 0 Å². The van der Waals surface area contributed by atoms with Crippen LogP contribution in [-0.4, -0.2) is 189 Å². The van der Waals surface area contributed by atoms with Crippen molar-refractivity contribution in [2.75, 3.05) is 0 Å². The van der Waals surface area contributed by atoms with Crippen molar-refractivity contribution in [3.63, 3.8) is 0 Å². The summed E-state index contributed by atoms with van der Waals surface area (Å²) >= 11 is 0. The second-order valence-corrected chi connectivity index (χ2v) is 31.5. The summed E-state index contributed by atoms with van der Waals surface area (Å²) in [5.41, 5.74) is -18.0. The fraction of sp³-hybridized carbons (Fsp3) is 0.0833. The minimum Gasteiger partial charge on any atom is -0.507 e. The number of hydrogen-bond donors (Lipinski definition) is 20. The molecule has 0 heterocycles. The highest BCUT2D eigenvalue weighted by Crippen LogP contribution is 2.59. The van der Waals surface area contributed by atoms with Gasteiger partial charge in [0.2, 0.25) is 0 Å². The van der Waals surface area contributed by atoms with Gasteiger partial charge >= 0.3 is 23.9 Å². The number of carboxylic acids is 4. The van der Waals surface area contributed by atoms with Crippen molar-refractivity contribution in [2.45, 2.75) is 62.8 Å². The Labute approximate surface area is 530 Å². The van der Waals surface area contributed by atoms with Crippen LogP contribution in [0.25, 0.3) is 43.1 Å². The van der Waals surface area contributed by atoms with Gasteiger partial charge in [0.15, 0.2) is 0 Å². The lowest BCUT2D eigenvalue weighted by Gasteiger charge is -2.27. The number of carboxylic acid groups (broad SMARTS) is 4. The molecule has 0 amide bonds. The number of aromatic hydroxyl groups is 8. The highest BCUT2D eigenvalue weighted by molar-refractivity contribution is 7.87. The van der Waals surface area contributed by atoms with E-state index in [-0.39, 0.29) is 48.5 Å². The zero-order valence-electron chi connectivity index (χ0n) is 45.3. The molecule has 0 radical (unpaired) electrons. The molecule has 0 aliphatic heterocycles. The zero-order chi connectivity index (χ0) is 72.8. The van der Waals surface area contributed by atoms with Crippen molar-refractivity contribution < 1.29 is 184 Å². The molecule has 0 atom stereocenters. The Hall–Kier alpha value is -9.64. The van der Waals surface area contributed by atoms with Crippen molar-refractivity contribution in [1.82, 2.24) is 0 Å². The number of carbonyl (C=O) groups is 4. The lowest BCUT2D eigenvalue weighted by Crippen LogP contribution is -2.22. The monoisotopic (exact) mass is 1500 g/mol. The first kappa shape index (κ1) is 70.7. The predicted octanol–water partition coefficient (Wildman–Crippen LogP) is 1.10. The van der Waals surface area contributed by atoms with E-state index in [0.717, 1.165) is 0 Å². The van der Waals surface area contributed by atoms with Crippen LogP contribution in [-0.2, 0) is 100 Å². The Bertz CT molecular complexity index is 5000. The highest BCUT2D eigenvalue weighted by Gasteiger charge is 2.48.